The van der Waals surface area contributed by atoms with E-state index in [-0.39, 0.29) is 22.9 Å². The first kappa shape index (κ1) is 27.8. The maximum absolute atomic E-state index is 5.51. The van der Waals surface area contributed by atoms with E-state index in [2.05, 4.69) is 116 Å². The molecule has 9 rings (SSSR count). The molecule has 0 bridgehead atoms. The summed E-state index contributed by atoms with van der Waals surface area (Å²) in [7, 11) is 0. The Labute approximate surface area is 269 Å². The Morgan fingerprint density at radius 3 is 2.40 bits per heavy atom. The van der Waals surface area contributed by atoms with Gasteiger partial charge in [-0.05, 0) is 79.9 Å². The summed E-state index contributed by atoms with van der Waals surface area (Å²) in [5, 5.41) is 3.91. The lowest BCUT2D eigenvalue weighted by Crippen LogP contribution is -2.49. The summed E-state index contributed by atoms with van der Waals surface area (Å²) in [6.07, 6.45) is 38.9. The third-order valence-corrected chi connectivity index (χ3v) is 13.0. The van der Waals surface area contributed by atoms with Crippen LogP contribution in [-0.4, -0.2) is 17.8 Å². The zero-order valence-corrected chi connectivity index (χ0v) is 26.9. The number of hydrogen-bond donors (Lipinski definition) is 1. The molecule has 7 aliphatic carbocycles. The van der Waals surface area contributed by atoms with Crippen molar-refractivity contribution in [3.05, 3.63) is 119 Å². The highest BCUT2D eigenvalue weighted by Gasteiger charge is 2.67. The van der Waals surface area contributed by atoms with Crippen LogP contribution in [0.5, 0.6) is 0 Å². The van der Waals surface area contributed by atoms with Gasteiger partial charge in [-0.3, -0.25) is 0 Å². The summed E-state index contributed by atoms with van der Waals surface area (Å²) in [5.41, 5.74) is 6.45. The molecule has 0 saturated heterocycles. The molecule has 0 fully saturated rings. The maximum Gasteiger partial charge on any atom is 0.149 e. The molecule has 1 heterocycles. The zero-order chi connectivity index (χ0) is 30.2. The minimum Gasteiger partial charge on any atom is -0.331 e. The summed E-state index contributed by atoms with van der Waals surface area (Å²) < 4.78 is 0. The second-order valence-corrected chi connectivity index (χ2v) is 15.1. The summed E-state index contributed by atoms with van der Waals surface area (Å²) in [5.74, 6) is 5.02. The Morgan fingerprint density at radius 1 is 0.778 bits per heavy atom. The van der Waals surface area contributed by atoms with Gasteiger partial charge in [-0.15, -0.1) is 0 Å². The van der Waals surface area contributed by atoms with Crippen LogP contribution in [-0.2, 0) is 10.8 Å². The van der Waals surface area contributed by atoms with E-state index >= 15 is 0 Å². The monoisotopic (exact) mass is 593 g/mol. The van der Waals surface area contributed by atoms with Gasteiger partial charge < -0.3 is 5.32 Å². The van der Waals surface area contributed by atoms with Gasteiger partial charge in [0.25, 0.3) is 0 Å². The van der Waals surface area contributed by atoms with Crippen molar-refractivity contribution in [3.63, 3.8) is 0 Å². The summed E-state index contributed by atoms with van der Waals surface area (Å²) >= 11 is 0. The number of allylic oxidation sites excluding steroid dienone is 11. The summed E-state index contributed by atoms with van der Waals surface area (Å²) in [6.45, 7) is 5.06. The lowest BCUT2D eigenvalue weighted by atomic mass is 9.54. The minimum absolute atomic E-state index is 0.0104. The van der Waals surface area contributed by atoms with E-state index in [4.69, 9.17) is 9.98 Å². The van der Waals surface area contributed by atoms with Crippen molar-refractivity contribution in [1.82, 2.24) is 5.32 Å². The Morgan fingerprint density at radius 2 is 1.58 bits per heavy atom. The molecular formula is C42H47N3. The van der Waals surface area contributed by atoms with Crippen LogP contribution in [0.25, 0.3) is 0 Å². The fourth-order valence-electron chi connectivity index (χ4n) is 11.1. The van der Waals surface area contributed by atoms with Gasteiger partial charge >= 0.3 is 0 Å². The van der Waals surface area contributed by atoms with Gasteiger partial charge in [-0.1, -0.05) is 117 Å². The van der Waals surface area contributed by atoms with Crippen LogP contribution in [0, 0.1) is 41.4 Å². The van der Waals surface area contributed by atoms with Crippen LogP contribution < -0.4 is 5.32 Å². The predicted octanol–water partition coefficient (Wildman–Crippen LogP) is 9.09. The van der Waals surface area contributed by atoms with Crippen molar-refractivity contribution in [3.8, 4) is 0 Å². The molecule has 0 radical (unpaired) electrons. The summed E-state index contributed by atoms with van der Waals surface area (Å²) in [6, 6.07) is 9.51. The van der Waals surface area contributed by atoms with Crippen LogP contribution >= 0.6 is 0 Å². The molecule has 9 unspecified atom stereocenters. The molecule has 1 aliphatic heterocycles. The third kappa shape index (κ3) is 3.95. The molecule has 1 spiro atoms. The van der Waals surface area contributed by atoms with Gasteiger partial charge in [0.2, 0.25) is 0 Å². The number of hydrogen-bond acceptors (Lipinski definition) is 3. The van der Waals surface area contributed by atoms with Crippen molar-refractivity contribution in [2.45, 2.75) is 82.2 Å². The first-order valence-electron chi connectivity index (χ1n) is 17.9. The normalized spacial score (nSPS) is 42.2. The van der Waals surface area contributed by atoms with Crippen LogP contribution in [0.1, 0.15) is 76.3 Å². The average Bonchev–Trinajstić information content (AvgIpc) is 3.53. The first-order valence-corrected chi connectivity index (χ1v) is 17.9. The van der Waals surface area contributed by atoms with Crippen LogP contribution in [0.3, 0.4) is 0 Å². The predicted molar refractivity (Wildman–Crippen MR) is 186 cm³/mol. The topological polar surface area (TPSA) is 36.8 Å². The van der Waals surface area contributed by atoms with Gasteiger partial charge in [0, 0.05) is 40.4 Å². The van der Waals surface area contributed by atoms with Gasteiger partial charge in [-0.25, -0.2) is 9.98 Å². The molecule has 0 amide bonds. The van der Waals surface area contributed by atoms with E-state index < -0.39 is 0 Å². The maximum atomic E-state index is 5.51. The third-order valence-electron chi connectivity index (χ3n) is 13.0. The average molecular weight is 594 g/mol. The molecule has 8 aliphatic rings. The number of fused-ring (bicyclic) bond motifs is 9. The smallest absolute Gasteiger partial charge is 0.149 e. The second-order valence-electron chi connectivity index (χ2n) is 15.1. The van der Waals surface area contributed by atoms with Crippen molar-refractivity contribution < 1.29 is 0 Å². The molecule has 230 valence electrons. The van der Waals surface area contributed by atoms with E-state index in [9.17, 15) is 0 Å². The molecule has 3 heteroatoms. The van der Waals surface area contributed by atoms with E-state index in [1.807, 2.05) is 0 Å². The zero-order valence-electron chi connectivity index (χ0n) is 26.9. The molecule has 1 N–H and O–H groups in total. The number of nitrogens with one attached hydrogen (secondary N) is 1. The van der Waals surface area contributed by atoms with Gasteiger partial charge in [0.1, 0.15) is 17.8 Å². The standard InChI is InChI=1S/C42H47N3/c1-27-30(40-44-38(28-15-5-3-6-16-28)43-39(45-40)29-17-7-4-8-18-29)24-25-32-31-19-9-10-20-33(31)42(37(27)32)35-22-12-11-21-34(35)41(2)26-14-13-23-36(41)42/h5,7,9-12,14-15,17,19-22,24-31,33,36,38H,3-4,6,8,13,16,18,23H2,1-2H3,(H,43,44,45)/t27-,28?,29?,30?,31?,33?,36?,38?,41?,42?/m0/s1. The van der Waals surface area contributed by atoms with Gasteiger partial charge in [0.15, 0.2) is 0 Å². The van der Waals surface area contributed by atoms with Gasteiger partial charge in [0.05, 0.1) is 0 Å². The fraction of sp³-hybridized carbons (Fsp3) is 0.476. The first-order chi connectivity index (χ1) is 22.1. The van der Waals surface area contributed by atoms with Gasteiger partial charge in [-0.2, -0.15) is 0 Å². The van der Waals surface area contributed by atoms with E-state index in [0.717, 1.165) is 11.7 Å². The summed E-state index contributed by atoms with van der Waals surface area (Å²) in [4.78, 5) is 10.9. The molecule has 1 aromatic carbocycles. The number of amidine groups is 2. The SMILES string of the molecule is C[C@@H]1C2=C(C=CC1C1=NC(C3C=CCCC3)N=C(C3C=CCCC3)N1)C1C=CC=CC1C21c2ccccc2C2(C)C=CCCC21. The highest BCUT2D eigenvalue weighted by Crippen LogP contribution is 2.71. The minimum atomic E-state index is -0.0240. The Hall–Kier alpha value is -3.46. The Kier molecular flexibility index (Phi) is 6.52. The van der Waals surface area contributed by atoms with E-state index in [1.165, 1.54) is 51.4 Å². The molecule has 0 aromatic heterocycles. The fourth-order valence-corrected chi connectivity index (χ4v) is 11.1. The largest absolute Gasteiger partial charge is 0.331 e. The highest BCUT2D eigenvalue weighted by molar-refractivity contribution is 6.05. The Balaban J connectivity index is 1.17. The lowest BCUT2D eigenvalue weighted by Gasteiger charge is -2.48. The van der Waals surface area contributed by atoms with Crippen molar-refractivity contribution >= 4 is 11.7 Å². The molecule has 45 heavy (non-hydrogen) atoms. The van der Waals surface area contributed by atoms with Crippen LogP contribution in [0.2, 0.25) is 0 Å². The molecule has 10 atom stereocenters. The highest BCUT2D eigenvalue weighted by atomic mass is 15.2. The van der Waals surface area contributed by atoms with Crippen LogP contribution in [0.4, 0.5) is 0 Å². The number of rotatable bonds is 3. The molecule has 0 saturated carbocycles. The van der Waals surface area contributed by atoms with Crippen molar-refractivity contribution in [2.24, 2.45) is 51.4 Å². The number of benzene rings is 1. The second kappa shape index (κ2) is 10.5. The molecular weight excluding hydrogens is 546 g/mol. The van der Waals surface area contributed by atoms with E-state index in [1.54, 1.807) is 22.3 Å². The lowest BCUT2D eigenvalue weighted by molar-refractivity contribution is 0.179. The number of nitrogens with zero attached hydrogens (tertiary/aromatic N) is 2. The molecule has 3 nitrogen and oxygen atoms in total. The van der Waals surface area contributed by atoms with Crippen molar-refractivity contribution in [1.29, 1.82) is 0 Å². The van der Waals surface area contributed by atoms with Crippen LogP contribution in [0.15, 0.2) is 118 Å². The number of aliphatic imine (C=N–C) groups is 2. The Bertz CT molecular complexity index is 1680. The molecule has 1 aromatic rings. The van der Waals surface area contributed by atoms with Crippen molar-refractivity contribution in [2.75, 3.05) is 0 Å². The van der Waals surface area contributed by atoms with E-state index in [0.29, 0.717) is 35.5 Å². The quantitative estimate of drug-likeness (QED) is 0.349.